The number of hydrogen-bond donors (Lipinski definition) is 0. The molecular weight excluding hydrogens is 108 g/mol. The predicted octanol–water partition coefficient (Wildman–Crippen LogP) is 2.44. The van der Waals surface area contributed by atoms with Crippen LogP contribution in [-0.4, -0.2) is 5.38 Å². The molecule has 0 nitrogen and oxygen atoms in total. The van der Waals surface area contributed by atoms with Crippen LogP contribution >= 0.6 is 11.6 Å². The topological polar surface area (TPSA) is 0 Å². The standard InChI is InChI=1S/C6H11Cl/c1-4-5(2)6(3)7/h4-6H,1H2,2-3H3. The zero-order valence-electron chi connectivity index (χ0n) is 4.82. The summed E-state index contributed by atoms with van der Waals surface area (Å²) in [5, 5.41) is 0.220. The summed E-state index contributed by atoms with van der Waals surface area (Å²) in [6.07, 6.45) is 1.86. The largest absolute Gasteiger partial charge is 0.123 e. The minimum absolute atomic E-state index is 0.220. The van der Waals surface area contributed by atoms with E-state index in [1.165, 1.54) is 0 Å². The molecular formula is C6H11Cl. The second-order valence-corrected chi connectivity index (χ2v) is 2.46. The first-order valence-corrected chi connectivity index (χ1v) is 2.88. The lowest BCUT2D eigenvalue weighted by atomic mass is 10.1. The van der Waals surface area contributed by atoms with Gasteiger partial charge in [0.15, 0.2) is 0 Å². The van der Waals surface area contributed by atoms with Crippen molar-refractivity contribution in [2.24, 2.45) is 5.92 Å². The first kappa shape index (κ1) is 7.03. The Hall–Kier alpha value is 0.0300. The Bertz CT molecular complexity index is 57.2. The second-order valence-electron chi connectivity index (χ2n) is 1.77. The van der Waals surface area contributed by atoms with E-state index in [1.807, 2.05) is 19.9 Å². The molecule has 0 amide bonds. The van der Waals surface area contributed by atoms with E-state index < -0.39 is 0 Å². The summed E-state index contributed by atoms with van der Waals surface area (Å²) in [6, 6.07) is 0. The van der Waals surface area contributed by atoms with E-state index in [1.54, 1.807) is 0 Å². The maximum atomic E-state index is 5.66. The number of halogens is 1. The van der Waals surface area contributed by atoms with Crippen molar-refractivity contribution in [3.05, 3.63) is 12.7 Å². The summed E-state index contributed by atoms with van der Waals surface area (Å²) in [5.74, 6) is 0.432. The number of hydrogen-bond acceptors (Lipinski definition) is 0. The Kier molecular flexibility index (Phi) is 3.10. The fourth-order valence-corrected chi connectivity index (χ4v) is 0.290. The summed E-state index contributed by atoms with van der Waals surface area (Å²) in [6.45, 7) is 7.61. The quantitative estimate of drug-likeness (QED) is 0.386. The number of alkyl halides is 1. The highest BCUT2D eigenvalue weighted by Gasteiger charge is 2.01. The zero-order valence-corrected chi connectivity index (χ0v) is 5.57. The van der Waals surface area contributed by atoms with Gasteiger partial charge in [0.1, 0.15) is 0 Å². The average Bonchev–Trinajstić information content (AvgIpc) is 1.65. The van der Waals surface area contributed by atoms with Crippen molar-refractivity contribution in [2.45, 2.75) is 19.2 Å². The molecule has 7 heavy (non-hydrogen) atoms. The lowest BCUT2D eigenvalue weighted by Gasteiger charge is -2.04. The minimum atomic E-state index is 0.220. The van der Waals surface area contributed by atoms with Crippen molar-refractivity contribution in [3.8, 4) is 0 Å². The SMILES string of the molecule is C=CC(C)C(C)Cl. The summed E-state index contributed by atoms with van der Waals surface area (Å²) in [7, 11) is 0. The van der Waals surface area contributed by atoms with Crippen LogP contribution in [0.3, 0.4) is 0 Å². The summed E-state index contributed by atoms with van der Waals surface area (Å²) >= 11 is 5.66. The second kappa shape index (κ2) is 3.09. The smallest absolute Gasteiger partial charge is 0.0367 e. The number of rotatable bonds is 2. The molecule has 0 N–H and O–H groups in total. The van der Waals surface area contributed by atoms with E-state index >= 15 is 0 Å². The molecule has 0 spiro atoms. The Balaban J connectivity index is 3.33. The predicted molar refractivity (Wildman–Crippen MR) is 34.7 cm³/mol. The maximum absolute atomic E-state index is 5.66. The first-order chi connectivity index (χ1) is 3.18. The molecule has 42 valence electrons. The molecule has 0 saturated heterocycles. The molecule has 0 bridgehead atoms. The van der Waals surface area contributed by atoms with E-state index in [0.717, 1.165) is 0 Å². The lowest BCUT2D eigenvalue weighted by Crippen LogP contribution is -2.01. The van der Waals surface area contributed by atoms with E-state index in [0.29, 0.717) is 5.92 Å². The van der Waals surface area contributed by atoms with E-state index in [2.05, 4.69) is 6.58 Å². The molecule has 0 fully saturated rings. The normalized spacial score (nSPS) is 18.1. The lowest BCUT2D eigenvalue weighted by molar-refractivity contribution is 0.709. The highest BCUT2D eigenvalue weighted by atomic mass is 35.5. The van der Waals surface area contributed by atoms with E-state index in [-0.39, 0.29) is 5.38 Å². The molecule has 0 aromatic carbocycles. The Morgan fingerprint density at radius 2 is 2.00 bits per heavy atom. The molecule has 0 heterocycles. The molecule has 0 aliphatic carbocycles. The van der Waals surface area contributed by atoms with Gasteiger partial charge < -0.3 is 0 Å². The summed E-state index contributed by atoms with van der Waals surface area (Å²) in [4.78, 5) is 0. The Morgan fingerprint density at radius 1 is 1.57 bits per heavy atom. The first-order valence-electron chi connectivity index (χ1n) is 2.45. The van der Waals surface area contributed by atoms with Crippen molar-refractivity contribution in [3.63, 3.8) is 0 Å². The van der Waals surface area contributed by atoms with Gasteiger partial charge in [-0.2, -0.15) is 0 Å². The van der Waals surface area contributed by atoms with Gasteiger partial charge in [-0.25, -0.2) is 0 Å². The van der Waals surface area contributed by atoms with Crippen molar-refractivity contribution >= 4 is 11.6 Å². The Labute approximate surface area is 50.2 Å². The monoisotopic (exact) mass is 118 g/mol. The van der Waals surface area contributed by atoms with Crippen molar-refractivity contribution in [1.29, 1.82) is 0 Å². The van der Waals surface area contributed by atoms with Gasteiger partial charge in [0.2, 0.25) is 0 Å². The van der Waals surface area contributed by atoms with Crippen LogP contribution in [0.1, 0.15) is 13.8 Å². The molecule has 2 atom stereocenters. The summed E-state index contributed by atoms with van der Waals surface area (Å²) in [5.41, 5.74) is 0. The summed E-state index contributed by atoms with van der Waals surface area (Å²) < 4.78 is 0. The van der Waals surface area contributed by atoms with Gasteiger partial charge in [0, 0.05) is 5.38 Å². The third kappa shape index (κ3) is 2.69. The third-order valence-corrected chi connectivity index (χ3v) is 1.49. The molecule has 2 unspecified atom stereocenters. The van der Waals surface area contributed by atoms with Crippen molar-refractivity contribution in [2.75, 3.05) is 0 Å². The van der Waals surface area contributed by atoms with Crippen LogP contribution in [0.5, 0.6) is 0 Å². The minimum Gasteiger partial charge on any atom is -0.123 e. The van der Waals surface area contributed by atoms with Gasteiger partial charge in [0.25, 0.3) is 0 Å². The Morgan fingerprint density at radius 3 is 2.00 bits per heavy atom. The van der Waals surface area contributed by atoms with Crippen molar-refractivity contribution < 1.29 is 0 Å². The van der Waals surface area contributed by atoms with Gasteiger partial charge in [0.05, 0.1) is 0 Å². The fraction of sp³-hybridized carbons (Fsp3) is 0.667. The highest BCUT2D eigenvalue weighted by Crippen LogP contribution is 2.08. The maximum Gasteiger partial charge on any atom is 0.0367 e. The van der Waals surface area contributed by atoms with Crippen LogP contribution < -0.4 is 0 Å². The highest BCUT2D eigenvalue weighted by molar-refractivity contribution is 6.20. The van der Waals surface area contributed by atoms with Gasteiger partial charge in [-0.3, -0.25) is 0 Å². The van der Waals surface area contributed by atoms with Crippen LogP contribution in [0.15, 0.2) is 12.7 Å². The zero-order chi connectivity index (χ0) is 5.86. The molecule has 0 saturated carbocycles. The van der Waals surface area contributed by atoms with E-state index in [4.69, 9.17) is 11.6 Å². The van der Waals surface area contributed by atoms with Gasteiger partial charge in [-0.15, -0.1) is 18.2 Å². The third-order valence-electron chi connectivity index (χ3n) is 1.10. The van der Waals surface area contributed by atoms with Crippen molar-refractivity contribution in [1.82, 2.24) is 0 Å². The molecule has 0 radical (unpaired) electrons. The molecule has 0 rings (SSSR count). The average molecular weight is 119 g/mol. The fourth-order valence-electron chi connectivity index (χ4n) is 0.188. The van der Waals surface area contributed by atoms with E-state index in [9.17, 15) is 0 Å². The molecule has 0 aromatic rings. The molecule has 0 aliphatic rings. The van der Waals surface area contributed by atoms with Crippen LogP contribution in [-0.2, 0) is 0 Å². The van der Waals surface area contributed by atoms with Crippen LogP contribution in [0.25, 0.3) is 0 Å². The molecule has 0 aliphatic heterocycles. The van der Waals surface area contributed by atoms with Crippen LogP contribution in [0.2, 0.25) is 0 Å². The van der Waals surface area contributed by atoms with Crippen LogP contribution in [0.4, 0.5) is 0 Å². The van der Waals surface area contributed by atoms with Crippen LogP contribution in [0, 0.1) is 5.92 Å². The van der Waals surface area contributed by atoms with Gasteiger partial charge in [-0.05, 0) is 12.8 Å². The molecule has 0 aromatic heterocycles. The van der Waals surface area contributed by atoms with Gasteiger partial charge in [-0.1, -0.05) is 13.0 Å². The number of allylic oxidation sites excluding steroid dienone is 1. The van der Waals surface area contributed by atoms with Gasteiger partial charge >= 0.3 is 0 Å². The molecule has 1 heteroatoms.